The predicted molar refractivity (Wildman–Crippen MR) is 46.7 cm³/mol. The van der Waals surface area contributed by atoms with E-state index >= 15 is 0 Å². The Balaban J connectivity index is 2.06. The summed E-state index contributed by atoms with van der Waals surface area (Å²) in [5.74, 6) is -0.00556. The SMILES string of the molecule is COCC(=O)COC1CCOCC1. The molecule has 0 radical (unpaired) electrons. The number of rotatable bonds is 5. The monoisotopic (exact) mass is 188 g/mol. The predicted octanol–water partition coefficient (Wildman–Crippen LogP) is 0.397. The standard InChI is InChI=1S/C9H16O4/c1-11-6-8(10)7-13-9-2-4-12-5-3-9/h9H,2-7H2,1H3. The molecule has 0 saturated carbocycles. The maximum absolute atomic E-state index is 11.0. The zero-order valence-electron chi connectivity index (χ0n) is 7.95. The van der Waals surface area contributed by atoms with Crippen molar-refractivity contribution in [2.24, 2.45) is 0 Å². The molecule has 0 N–H and O–H groups in total. The van der Waals surface area contributed by atoms with Crippen LogP contribution in [0.1, 0.15) is 12.8 Å². The van der Waals surface area contributed by atoms with Crippen LogP contribution >= 0.6 is 0 Å². The lowest BCUT2D eigenvalue weighted by Crippen LogP contribution is -2.26. The van der Waals surface area contributed by atoms with Crippen molar-refractivity contribution in [2.75, 3.05) is 33.5 Å². The molecule has 0 aromatic heterocycles. The van der Waals surface area contributed by atoms with Crippen molar-refractivity contribution in [1.82, 2.24) is 0 Å². The van der Waals surface area contributed by atoms with Crippen LogP contribution < -0.4 is 0 Å². The van der Waals surface area contributed by atoms with Crippen LogP contribution in [0.25, 0.3) is 0 Å². The van der Waals surface area contributed by atoms with Crippen LogP contribution in [0, 0.1) is 0 Å². The van der Waals surface area contributed by atoms with Crippen molar-refractivity contribution in [1.29, 1.82) is 0 Å². The minimum absolute atomic E-state index is 0.00556. The second kappa shape index (κ2) is 6.07. The summed E-state index contributed by atoms with van der Waals surface area (Å²) in [6, 6.07) is 0. The van der Waals surface area contributed by atoms with Crippen molar-refractivity contribution >= 4 is 5.78 Å². The zero-order valence-corrected chi connectivity index (χ0v) is 7.95. The molecule has 1 aliphatic rings. The first-order valence-corrected chi connectivity index (χ1v) is 4.53. The van der Waals surface area contributed by atoms with Crippen LogP contribution in [0.15, 0.2) is 0 Å². The Bertz CT molecular complexity index is 152. The summed E-state index contributed by atoms with van der Waals surface area (Å²) >= 11 is 0. The summed E-state index contributed by atoms with van der Waals surface area (Å²) in [6.07, 6.45) is 1.97. The Labute approximate surface area is 78.2 Å². The fraction of sp³-hybridized carbons (Fsp3) is 0.889. The number of hydrogen-bond acceptors (Lipinski definition) is 4. The van der Waals surface area contributed by atoms with Crippen molar-refractivity contribution in [3.63, 3.8) is 0 Å². The molecule has 4 nitrogen and oxygen atoms in total. The van der Waals surface area contributed by atoms with Crippen LogP contribution in [-0.4, -0.2) is 45.4 Å². The highest BCUT2D eigenvalue weighted by Gasteiger charge is 2.15. The first-order valence-electron chi connectivity index (χ1n) is 4.53. The van der Waals surface area contributed by atoms with E-state index in [-0.39, 0.29) is 25.1 Å². The van der Waals surface area contributed by atoms with Crippen LogP contribution in [-0.2, 0) is 19.0 Å². The lowest BCUT2D eigenvalue weighted by atomic mass is 10.1. The molecule has 0 atom stereocenters. The molecule has 13 heavy (non-hydrogen) atoms. The van der Waals surface area contributed by atoms with Gasteiger partial charge in [-0.15, -0.1) is 0 Å². The number of methoxy groups -OCH3 is 1. The lowest BCUT2D eigenvalue weighted by molar-refractivity contribution is -0.131. The molecule has 0 aromatic carbocycles. The molecule has 0 spiro atoms. The Morgan fingerprint density at radius 3 is 2.69 bits per heavy atom. The fourth-order valence-electron chi connectivity index (χ4n) is 1.26. The topological polar surface area (TPSA) is 44.8 Å². The average Bonchev–Trinajstić information content (AvgIpc) is 2.17. The van der Waals surface area contributed by atoms with Crippen molar-refractivity contribution in [3.05, 3.63) is 0 Å². The molecule has 0 amide bonds. The van der Waals surface area contributed by atoms with Gasteiger partial charge in [0.15, 0.2) is 5.78 Å². The van der Waals surface area contributed by atoms with Crippen LogP contribution in [0.3, 0.4) is 0 Å². The maximum atomic E-state index is 11.0. The molecule has 0 unspecified atom stereocenters. The number of ether oxygens (including phenoxy) is 3. The van der Waals surface area contributed by atoms with Gasteiger partial charge in [-0.25, -0.2) is 0 Å². The van der Waals surface area contributed by atoms with E-state index in [4.69, 9.17) is 9.47 Å². The second-order valence-electron chi connectivity index (χ2n) is 3.09. The van der Waals surface area contributed by atoms with Gasteiger partial charge in [0.1, 0.15) is 13.2 Å². The van der Waals surface area contributed by atoms with E-state index in [0.29, 0.717) is 0 Å². The third-order valence-electron chi connectivity index (χ3n) is 1.95. The van der Waals surface area contributed by atoms with Crippen molar-refractivity contribution in [3.8, 4) is 0 Å². The summed E-state index contributed by atoms with van der Waals surface area (Å²) in [5, 5.41) is 0. The van der Waals surface area contributed by atoms with E-state index in [1.807, 2.05) is 0 Å². The van der Waals surface area contributed by atoms with E-state index in [9.17, 15) is 4.79 Å². The number of ketones is 1. The van der Waals surface area contributed by atoms with E-state index < -0.39 is 0 Å². The molecular weight excluding hydrogens is 172 g/mol. The molecule has 1 heterocycles. The Morgan fingerprint density at radius 2 is 2.08 bits per heavy atom. The maximum Gasteiger partial charge on any atom is 0.183 e. The number of carbonyl (C=O) groups excluding carboxylic acids is 1. The molecule has 4 heteroatoms. The van der Waals surface area contributed by atoms with Crippen molar-refractivity contribution < 1.29 is 19.0 Å². The van der Waals surface area contributed by atoms with E-state index in [1.54, 1.807) is 0 Å². The minimum atomic E-state index is -0.00556. The van der Waals surface area contributed by atoms with E-state index in [2.05, 4.69) is 4.74 Å². The first-order chi connectivity index (χ1) is 6.33. The Kier molecular flexibility index (Phi) is 4.97. The molecule has 0 aromatic rings. The largest absolute Gasteiger partial charge is 0.381 e. The average molecular weight is 188 g/mol. The molecule has 0 bridgehead atoms. The number of Topliss-reactive ketones (excluding diaryl/α,β-unsaturated/α-hetero) is 1. The van der Waals surface area contributed by atoms with E-state index in [0.717, 1.165) is 26.1 Å². The van der Waals surface area contributed by atoms with Gasteiger partial charge in [0.05, 0.1) is 6.10 Å². The van der Waals surface area contributed by atoms with Crippen LogP contribution in [0.5, 0.6) is 0 Å². The Hall–Kier alpha value is -0.450. The first kappa shape index (κ1) is 10.6. The quantitative estimate of drug-likeness (QED) is 0.626. The van der Waals surface area contributed by atoms with Gasteiger partial charge in [-0.05, 0) is 12.8 Å². The zero-order chi connectivity index (χ0) is 9.52. The summed E-state index contributed by atoms with van der Waals surface area (Å²) in [7, 11) is 1.51. The highest BCUT2D eigenvalue weighted by molar-refractivity contribution is 5.80. The van der Waals surface area contributed by atoms with Gasteiger partial charge in [-0.1, -0.05) is 0 Å². The molecule has 0 aliphatic carbocycles. The molecule has 1 fully saturated rings. The second-order valence-corrected chi connectivity index (χ2v) is 3.09. The minimum Gasteiger partial charge on any atom is -0.381 e. The van der Waals surface area contributed by atoms with Gasteiger partial charge < -0.3 is 14.2 Å². The fourth-order valence-corrected chi connectivity index (χ4v) is 1.26. The molecule has 1 rings (SSSR count). The van der Waals surface area contributed by atoms with Crippen LogP contribution in [0.4, 0.5) is 0 Å². The van der Waals surface area contributed by atoms with Gasteiger partial charge >= 0.3 is 0 Å². The van der Waals surface area contributed by atoms with Gasteiger partial charge in [-0.3, -0.25) is 4.79 Å². The molecule has 1 saturated heterocycles. The Morgan fingerprint density at radius 1 is 1.38 bits per heavy atom. The normalized spacial score (nSPS) is 18.8. The van der Waals surface area contributed by atoms with Crippen LogP contribution in [0.2, 0.25) is 0 Å². The number of hydrogen-bond donors (Lipinski definition) is 0. The summed E-state index contributed by atoms with van der Waals surface area (Å²) in [6.45, 7) is 1.79. The third kappa shape index (κ3) is 4.36. The molecule has 1 aliphatic heterocycles. The third-order valence-corrected chi connectivity index (χ3v) is 1.95. The highest BCUT2D eigenvalue weighted by atomic mass is 16.5. The smallest absolute Gasteiger partial charge is 0.183 e. The summed E-state index contributed by atoms with van der Waals surface area (Å²) in [4.78, 5) is 11.0. The van der Waals surface area contributed by atoms with Gasteiger partial charge in [0.25, 0.3) is 0 Å². The van der Waals surface area contributed by atoms with Crippen molar-refractivity contribution in [2.45, 2.75) is 18.9 Å². The highest BCUT2D eigenvalue weighted by Crippen LogP contribution is 2.09. The van der Waals surface area contributed by atoms with E-state index in [1.165, 1.54) is 7.11 Å². The van der Waals surface area contributed by atoms with Gasteiger partial charge in [-0.2, -0.15) is 0 Å². The molecular formula is C9H16O4. The van der Waals surface area contributed by atoms with Gasteiger partial charge in [0.2, 0.25) is 0 Å². The number of carbonyl (C=O) groups is 1. The summed E-state index contributed by atoms with van der Waals surface area (Å²) in [5.41, 5.74) is 0. The lowest BCUT2D eigenvalue weighted by Gasteiger charge is -2.21. The van der Waals surface area contributed by atoms with Gasteiger partial charge in [0, 0.05) is 20.3 Å². The summed E-state index contributed by atoms with van der Waals surface area (Å²) < 4.78 is 15.2. The molecule has 76 valence electrons.